The lowest BCUT2D eigenvalue weighted by molar-refractivity contribution is 0.0937. The van der Waals surface area contributed by atoms with Crippen molar-refractivity contribution in [2.24, 2.45) is 7.05 Å². The molecule has 2 aliphatic rings. The minimum Gasteiger partial charge on any atom is -0.344 e. The van der Waals surface area contributed by atoms with Crippen LogP contribution in [0.3, 0.4) is 0 Å². The molecule has 4 N–H and O–H groups in total. The van der Waals surface area contributed by atoms with Crippen LogP contribution in [-0.4, -0.2) is 55.2 Å². The van der Waals surface area contributed by atoms with Gasteiger partial charge in [-0.2, -0.15) is 18.2 Å². The van der Waals surface area contributed by atoms with Crippen LogP contribution >= 0.6 is 0 Å². The molecule has 0 unspecified atom stereocenters. The lowest BCUT2D eigenvalue weighted by Crippen LogP contribution is -2.35. The first-order valence-corrected chi connectivity index (χ1v) is 17.1. The van der Waals surface area contributed by atoms with Crippen molar-refractivity contribution in [1.29, 1.82) is 0 Å². The molecule has 0 bridgehead atoms. The number of amides is 2. The summed E-state index contributed by atoms with van der Waals surface area (Å²) in [4.78, 5) is 46.8. The van der Waals surface area contributed by atoms with Gasteiger partial charge in [-0.15, -0.1) is 5.10 Å². The Morgan fingerprint density at radius 2 is 1.86 bits per heavy atom. The molecule has 2 aromatic carbocycles. The van der Waals surface area contributed by atoms with E-state index in [2.05, 4.69) is 47.1 Å². The molecular formula is C34H28N10O5S. The van der Waals surface area contributed by atoms with Crippen molar-refractivity contribution in [3.05, 3.63) is 112 Å². The van der Waals surface area contributed by atoms with Crippen LogP contribution in [0, 0.1) is 11.8 Å². The molecule has 50 heavy (non-hydrogen) atoms. The molecule has 1 fully saturated rings. The van der Waals surface area contributed by atoms with E-state index in [1.807, 2.05) is 0 Å². The van der Waals surface area contributed by atoms with Crippen LogP contribution in [0.15, 0.2) is 78.1 Å². The number of pyridine rings is 1. The number of carbonyl (C=O) groups excluding carboxylic acids is 2. The largest absolute Gasteiger partial charge is 0.344 e. The molecule has 0 saturated heterocycles. The Balaban J connectivity index is 1.27. The van der Waals surface area contributed by atoms with E-state index in [0.29, 0.717) is 40.7 Å². The van der Waals surface area contributed by atoms with E-state index in [-0.39, 0.29) is 39.7 Å². The Bertz CT molecular complexity index is 2630. The lowest BCUT2D eigenvalue weighted by Gasteiger charge is -2.23. The normalized spacial score (nSPS) is 14.3. The Morgan fingerprint density at radius 1 is 1.06 bits per heavy atom. The molecule has 0 spiro atoms. The van der Waals surface area contributed by atoms with E-state index < -0.39 is 33.6 Å². The van der Waals surface area contributed by atoms with E-state index in [9.17, 15) is 22.8 Å². The van der Waals surface area contributed by atoms with Gasteiger partial charge in [0, 0.05) is 48.3 Å². The van der Waals surface area contributed by atoms with Gasteiger partial charge in [0.05, 0.1) is 40.1 Å². The second kappa shape index (κ2) is 11.7. The van der Waals surface area contributed by atoms with Gasteiger partial charge >= 0.3 is 10.2 Å². The summed E-state index contributed by atoms with van der Waals surface area (Å²) in [6.45, 7) is 1.64. The molecule has 6 aromatic rings. The predicted octanol–water partition coefficient (Wildman–Crippen LogP) is 2.63. The highest BCUT2D eigenvalue weighted by Gasteiger charge is 2.35. The average molecular weight is 689 g/mol. The van der Waals surface area contributed by atoms with Gasteiger partial charge in [-0.25, -0.2) is 9.50 Å². The minimum absolute atomic E-state index is 0.0988. The summed E-state index contributed by atoms with van der Waals surface area (Å²) in [7, 11) is -2.29. The van der Waals surface area contributed by atoms with Crippen LogP contribution in [0.2, 0.25) is 0 Å². The maximum atomic E-state index is 14.6. The Morgan fingerprint density at radius 3 is 2.60 bits per heavy atom. The summed E-state index contributed by atoms with van der Waals surface area (Å²) in [5.74, 6) is 4.71. The van der Waals surface area contributed by atoms with Gasteiger partial charge in [0.25, 0.3) is 17.4 Å². The van der Waals surface area contributed by atoms with Gasteiger partial charge in [-0.3, -0.25) is 28.4 Å². The zero-order valence-electron chi connectivity index (χ0n) is 26.6. The number of hydrogen-bond acceptors (Lipinski definition) is 8. The van der Waals surface area contributed by atoms with Crippen molar-refractivity contribution in [1.82, 2.24) is 39.0 Å². The SMILES string of the molecule is C[C@@H](NC(=O)c1c(NS(=O)(=O)NC2CC2)nn2cccnc12)c1c2c3c(ccc(C#Cc4cnn(C)c4)c3c(=O)n1-c1ccccc1)NC2=O. The third-order valence-electron chi connectivity index (χ3n) is 8.42. The summed E-state index contributed by atoms with van der Waals surface area (Å²) >= 11 is 0. The zero-order valence-corrected chi connectivity index (χ0v) is 27.4. The highest BCUT2D eigenvalue weighted by Crippen LogP contribution is 2.38. The molecule has 5 heterocycles. The number of nitrogens with one attached hydrogen (secondary N) is 4. The third-order valence-corrected chi connectivity index (χ3v) is 9.52. The van der Waals surface area contributed by atoms with Crippen molar-refractivity contribution < 1.29 is 18.0 Å². The fourth-order valence-electron chi connectivity index (χ4n) is 6.12. The highest BCUT2D eigenvalue weighted by atomic mass is 32.2. The Hall–Kier alpha value is -6.31. The van der Waals surface area contributed by atoms with E-state index in [4.69, 9.17) is 0 Å². The van der Waals surface area contributed by atoms with Gasteiger partial charge in [0.1, 0.15) is 5.56 Å². The number of hydrogen-bond donors (Lipinski definition) is 4. The second-order valence-electron chi connectivity index (χ2n) is 12.1. The third kappa shape index (κ3) is 5.44. The number of aryl methyl sites for hydroxylation is 1. The van der Waals surface area contributed by atoms with Crippen molar-refractivity contribution in [3.63, 3.8) is 0 Å². The van der Waals surface area contributed by atoms with Gasteiger partial charge in [0.15, 0.2) is 11.5 Å². The predicted molar refractivity (Wildman–Crippen MR) is 184 cm³/mol. The van der Waals surface area contributed by atoms with E-state index >= 15 is 0 Å². The van der Waals surface area contributed by atoms with Gasteiger partial charge < -0.3 is 10.6 Å². The maximum absolute atomic E-state index is 14.6. The van der Waals surface area contributed by atoms with Crippen molar-refractivity contribution >= 4 is 49.9 Å². The summed E-state index contributed by atoms with van der Waals surface area (Å²) in [6, 6.07) is 12.6. The summed E-state index contributed by atoms with van der Waals surface area (Å²) in [6.07, 6.45) is 7.78. The molecule has 8 rings (SSSR count). The van der Waals surface area contributed by atoms with Crippen molar-refractivity contribution in [3.8, 4) is 17.5 Å². The van der Waals surface area contributed by atoms with Gasteiger partial charge in [0.2, 0.25) is 0 Å². The lowest BCUT2D eigenvalue weighted by atomic mass is 9.97. The number of carbonyl (C=O) groups is 2. The van der Waals surface area contributed by atoms with Crippen molar-refractivity contribution in [2.45, 2.75) is 31.8 Å². The summed E-state index contributed by atoms with van der Waals surface area (Å²) < 4.78 is 34.9. The molecule has 16 heteroatoms. The highest BCUT2D eigenvalue weighted by molar-refractivity contribution is 7.90. The monoisotopic (exact) mass is 688 g/mol. The fourth-order valence-corrected chi connectivity index (χ4v) is 7.25. The minimum atomic E-state index is -4.06. The number of benzene rings is 2. The zero-order chi connectivity index (χ0) is 34.7. The molecule has 4 aromatic heterocycles. The molecule has 2 amide bonds. The van der Waals surface area contributed by atoms with Crippen molar-refractivity contribution in [2.75, 3.05) is 10.0 Å². The first kappa shape index (κ1) is 31.0. The Kier molecular flexibility index (Phi) is 7.24. The molecule has 1 aliphatic carbocycles. The summed E-state index contributed by atoms with van der Waals surface area (Å²) in [5.41, 5.74) is 1.90. The van der Waals surface area contributed by atoms with E-state index in [1.54, 1.807) is 79.6 Å². The maximum Gasteiger partial charge on any atom is 0.300 e. The average Bonchev–Trinajstić information content (AvgIpc) is 3.51. The number of para-hydroxylation sites is 1. The molecule has 1 atom stereocenters. The molecular weight excluding hydrogens is 661 g/mol. The molecule has 250 valence electrons. The van der Waals surface area contributed by atoms with E-state index in [0.717, 1.165) is 0 Å². The first-order valence-electron chi connectivity index (χ1n) is 15.7. The second-order valence-corrected chi connectivity index (χ2v) is 13.5. The van der Waals surface area contributed by atoms with Crippen LogP contribution in [-0.2, 0) is 17.3 Å². The van der Waals surface area contributed by atoms with Crippen LogP contribution in [0.25, 0.3) is 22.1 Å². The smallest absolute Gasteiger partial charge is 0.300 e. The number of aromatic nitrogens is 6. The van der Waals surface area contributed by atoms with Crippen LogP contribution in [0.4, 0.5) is 11.5 Å². The molecule has 1 aliphatic heterocycles. The van der Waals surface area contributed by atoms with Crippen LogP contribution in [0.5, 0.6) is 0 Å². The van der Waals surface area contributed by atoms with Crippen LogP contribution < -0.4 is 25.6 Å². The van der Waals surface area contributed by atoms with E-state index in [1.165, 1.54) is 21.5 Å². The van der Waals surface area contributed by atoms with Crippen LogP contribution in [0.1, 0.15) is 63.3 Å². The Labute approximate surface area is 284 Å². The number of anilines is 2. The molecule has 0 radical (unpaired) electrons. The summed E-state index contributed by atoms with van der Waals surface area (Å²) in [5, 5.41) is 14.8. The number of fused-ring (bicyclic) bond motifs is 1. The molecule has 15 nitrogen and oxygen atoms in total. The quantitative estimate of drug-likeness (QED) is 0.176. The first-order chi connectivity index (χ1) is 24.1. The fraction of sp³-hybridized carbons (Fsp3) is 0.176. The van der Waals surface area contributed by atoms with Gasteiger partial charge in [-0.1, -0.05) is 30.0 Å². The molecule has 1 saturated carbocycles. The van der Waals surface area contributed by atoms with Gasteiger partial charge in [-0.05, 0) is 50.1 Å². The number of rotatable bonds is 8. The standard InChI is InChI=1S/C34H28N10O5S/c1-19(37-33(46)28-30(39-43-16-6-15-35-31(28)43)41-50(48,49)40-22-12-13-22)29-27-26-24(38-32(27)45)14-11-21(10-9-20-17-36-42(2)18-20)25(26)34(47)44(29)23-7-4-3-5-8-23/h3-8,11,14-19,22,40H,12-13H2,1-2H3,(H,37,46)(H,38,45)(H,39,41)/t19-/m1/s1. The number of nitrogens with zero attached hydrogens (tertiary/aromatic N) is 6. The topological polar surface area (TPSA) is 186 Å².